The largest absolute Gasteiger partial charge is 0.497 e. The van der Waals surface area contributed by atoms with Gasteiger partial charge in [0.25, 0.3) is 0 Å². The smallest absolute Gasteiger partial charge is 0.235 e. The molecule has 2 atom stereocenters. The van der Waals surface area contributed by atoms with Crippen LogP contribution in [0.15, 0.2) is 29.2 Å². The van der Waals surface area contributed by atoms with Crippen LogP contribution in [0.1, 0.15) is 26.7 Å². The fourth-order valence-electron chi connectivity index (χ4n) is 2.56. The number of carbonyl (C=O) groups excluding carboxylic acids is 1. The predicted octanol–water partition coefficient (Wildman–Crippen LogP) is 3.43. The molecule has 1 amide bonds. The molecule has 0 unspecified atom stereocenters. The zero-order chi connectivity index (χ0) is 14.5. The molecule has 1 aliphatic rings. The van der Waals surface area contributed by atoms with Crippen LogP contribution in [-0.4, -0.2) is 36.3 Å². The van der Waals surface area contributed by atoms with Gasteiger partial charge in [-0.25, -0.2) is 0 Å². The lowest BCUT2D eigenvalue weighted by molar-refractivity contribution is -0.131. The fraction of sp³-hybridized carbons (Fsp3) is 0.562. The zero-order valence-electron chi connectivity index (χ0n) is 12.5. The number of piperidine rings is 1. The van der Waals surface area contributed by atoms with Crippen LogP contribution in [0.25, 0.3) is 0 Å². The number of likely N-dealkylation sites (tertiary alicyclic amines) is 1. The van der Waals surface area contributed by atoms with Gasteiger partial charge >= 0.3 is 0 Å². The molecule has 4 heteroatoms. The Hall–Kier alpha value is -1.16. The van der Waals surface area contributed by atoms with Crippen molar-refractivity contribution < 1.29 is 9.53 Å². The highest BCUT2D eigenvalue weighted by molar-refractivity contribution is 8.00. The summed E-state index contributed by atoms with van der Waals surface area (Å²) in [5.74, 6) is 1.74. The lowest BCUT2D eigenvalue weighted by atomic mass is 10.0. The third-order valence-electron chi connectivity index (χ3n) is 3.69. The van der Waals surface area contributed by atoms with Crippen molar-refractivity contribution in [2.45, 2.75) is 36.8 Å². The third-order valence-corrected chi connectivity index (χ3v) is 4.79. The van der Waals surface area contributed by atoms with Crippen LogP contribution in [0.2, 0.25) is 0 Å². The van der Waals surface area contributed by atoms with Crippen LogP contribution in [-0.2, 0) is 4.79 Å². The first kappa shape index (κ1) is 15.2. The van der Waals surface area contributed by atoms with Gasteiger partial charge in [-0.3, -0.25) is 4.79 Å². The van der Waals surface area contributed by atoms with E-state index in [1.54, 1.807) is 18.9 Å². The molecular formula is C16H23NO2S. The van der Waals surface area contributed by atoms with Gasteiger partial charge in [-0.2, -0.15) is 0 Å². The number of rotatable bonds is 4. The van der Waals surface area contributed by atoms with E-state index < -0.39 is 0 Å². The molecule has 0 saturated carbocycles. The van der Waals surface area contributed by atoms with Gasteiger partial charge in [-0.1, -0.05) is 6.92 Å². The van der Waals surface area contributed by atoms with Crippen LogP contribution >= 0.6 is 11.8 Å². The summed E-state index contributed by atoms with van der Waals surface area (Å²) in [6.45, 7) is 6.04. The molecule has 0 bridgehead atoms. The van der Waals surface area contributed by atoms with Gasteiger partial charge in [0.2, 0.25) is 5.91 Å². The average Bonchev–Trinajstić information content (AvgIpc) is 2.47. The summed E-state index contributed by atoms with van der Waals surface area (Å²) < 4.78 is 5.14. The van der Waals surface area contributed by atoms with Gasteiger partial charge < -0.3 is 9.64 Å². The Labute approximate surface area is 125 Å². The van der Waals surface area contributed by atoms with Gasteiger partial charge in [0.1, 0.15) is 5.75 Å². The SMILES string of the molecule is COc1ccc(S[C@H](C)C(=O)N2CCC[C@@H](C)C2)cc1. The highest BCUT2D eigenvalue weighted by Gasteiger charge is 2.25. The molecule has 1 aliphatic heterocycles. The molecule has 0 N–H and O–H groups in total. The number of hydrogen-bond acceptors (Lipinski definition) is 3. The second kappa shape index (κ2) is 7.02. The first-order valence-corrected chi connectivity index (χ1v) is 8.07. The first-order valence-electron chi connectivity index (χ1n) is 7.19. The highest BCUT2D eigenvalue weighted by atomic mass is 32.2. The van der Waals surface area contributed by atoms with E-state index in [0.717, 1.165) is 30.2 Å². The summed E-state index contributed by atoms with van der Waals surface area (Å²) in [5.41, 5.74) is 0. The molecule has 1 aromatic carbocycles. The molecule has 110 valence electrons. The third kappa shape index (κ3) is 3.92. The Bertz CT molecular complexity index is 446. The van der Waals surface area contributed by atoms with E-state index >= 15 is 0 Å². The second-order valence-electron chi connectivity index (χ2n) is 5.47. The highest BCUT2D eigenvalue weighted by Crippen LogP contribution is 2.27. The van der Waals surface area contributed by atoms with Crippen molar-refractivity contribution in [1.29, 1.82) is 0 Å². The maximum absolute atomic E-state index is 12.5. The van der Waals surface area contributed by atoms with Crippen molar-refractivity contribution in [3.8, 4) is 5.75 Å². The van der Waals surface area contributed by atoms with Crippen LogP contribution in [0.4, 0.5) is 0 Å². The lowest BCUT2D eigenvalue weighted by Gasteiger charge is -2.32. The summed E-state index contributed by atoms with van der Waals surface area (Å²) >= 11 is 1.62. The number of nitrogens with zero attached hydrogens (tertiary/aromatic N) is 1. The van der Waals surface area contributed by atoms with E-state index in [1.165, 1.54) is 6.42 Å². The zero-order valence-corrected chi connectivity index (χ0v) is 13.3. The van der Waals surface area contributed by atoms with Crippen molar-refractivity contribution in [1.82, 2.24) is 4.90 Å². The Kier molecular flexibility index (Phi) is 5.35. The summed E-state index contributed by atoms with van der Waals surface area (Å²) in [6.07, 6.45) is 2.37. The van der Waals surface area contributed by atoms with Crippen molar-refractivity contribution in [3.05, 3.63) is 24.3 Å². The van der Waals surface area contributed by atoms with Crippen molar-refractivity contribution in [2.24, 2.45) is 5.92 Å². The summed E-state index contributed by atoms with van der Waals surface area (Å²) in [6, 6.07) is 7.88. The fourth-order valence-corrected chi connectivity index (χ4v) is 3.51. The van der Waals surface area contributed by atoms with Gasteiger partial charge in [0.15, 0.2) is 0 Å². The second-order valence-corrected chi connectivity index (χ2v) is 6.88. The van der Waals surface area contributed by atoms with Gasteiger partial charge in [-0.15, -0.1) is 11.8 Å². The number of carbonyl (C=O) groups is 1. The molecule has 1 aromatic rings. The summed E-state index contributed by atoms with van der Waals surface area (Å²) in [7, 11) is 1.66. The normalized spacial score (nSPS) is 20.6. The Morgan fingerprint density at radius 1 is 1.40 bits per heavy atom. The predicted molar refractivity (Wildman–Crippen MR) is 83.3 cm³/mol. The number of benzene rings is 1. The molecule has 1 saturated heterocycles. The van der Waals surface area contributed by atoms with Crippen molar-refractivity contribution >= 4 is 17.7 Å². The number of hydrogen-bond donors (Lipinski definition) is 0. The average molecular weight is 293 g/mol. The van der Waals surface area contributed by atoms with Crippen molar-refractivity contribution in [3.63, 3.8) is 0 Å². The van der Waals surface area contributed by atoms with E-state index in [0.29, 0.717) is 5.92 Å². The van der Waals surface area contributed by atoms with Gasteiger partial charge in [0.05, 0.1) is 12.4 Å². The van der Waals surface area contributed by atoms with Crippen LogP contribution in [0.3, 0.4) is 0 Å². The molecule has 20 heavy (non-hydrogen) atoms. The Morgan fingerprint density at radius 2 is 2.10 bits per heavy atom. The minimum Gasteiger partial charge on any atom is -0.497 e. The van der Waals surface area contributed by atoms with Crippen molar-refractivity contribution in [2.75, 3.05) is 20.2 Å². The topological polar surface area (TPSA) is 29.5 Å². The summed E-state index contributed by atoms with van der Waals surface area (Å²) in [5, 5.41) is -0.0336. The van der Waals surface area contributed by atoms with E-state index in [2.05, 4.69) is 6.92 Å². The molecular weight excluding hydrogens is 270 g/mol. The molecule has 0 radical (unpaired) electrons. The lowest BCUT2D eigenvalue weighted by Crippen LogP contribution is -2.42. The number of thioether (sulfide) groups is 1. The Morgan fingerprint density at radius 3 is 2.70 bits per heavy atom. The minimum absolute atomic E-state index is 0.0336. The van der Waals surface area contributed by atoms with E-state index in [-0.39, 0.29) is 11.2 Å². The molecule has 3 nitrogen and oxygen atoms in total. The number of ether oxygens (including phenoxy) is 1. The number of amides is 1. The van der Waals surface area contributed by atoms with Gasteiger partial charge in [-0.05, 0) is 49.9 Å². The maximum atomic E-state index is 12.5. The molecule has 0 aromatic heterocycles. The van der Waals surface area contributed by atoms with Crippen LogP contribution < -0.4 is 4.74 Å². The molecule has 0 spiro atoms. The molecule has 1 heterocycles. The summed E-state index contributed by atoms with van der Waals surface area (Å²) in [4.78, 5) is 15.6. The van der Waals surface area contributed by atoms with E-state index in [1.807, 2.05) is 36.1 Å². The van der Waals surface area contributed by atoms with Gasteiger partial charge in [0, 0.05) is 18.0 Å². The van der Waals surface area contributed by atoms with Crippen LogP contribution in [0, 0.1) is 5.92 Å². The van der Waals surface area contributed by atoms with Crippen LogP contribution in [0.5, 0.6) is 5.75 Å². The quantitative estimate of drug-likeness (QED) is 0.797. The standard InChI is InChI=1S/C16H23NO2S/c1-12-5-4-10-17(11-12)16(18)13(2)20-15-8-6-14(19-3)7-9-15/h6-9,12-13H,4-5,10-11H2,1-3H3/t12-,13-/m1/s1. The molecule has 2 rings (SSSR count). The Balaban J connectivity index is 1.92. The minimum atomic E-state index is -0.0336. The maximum Gasteiger partial charge on any atom is 0.235 e. The molecule has 0 aliphatic carbocycles. The molecule has 1 fully saturated rings. The number of methoxy groups -OCH3 is 1. The first-order chi connectivity index (χ1) is 9.60. The monoisotopic (exact) mass is 293 g/mol. The van der Waals surface area contributed by atoms with E-state index in [4.69, 9.17) is 4.74 Å². The van der Waals surface area contributed by atoms with E-state index in [9.17, 15) is 4.79 Å².